The van der Waals surface area contributed by atoms with Crippen LogP contribution >= 0.6 is 0 Å². The van der Waals surface area contributed by atoms with Crippen LogP contribution in [-0.2, 0) is 4.79 Å². The summed E-state index contributed by atoms with van der Waals surface area (Å²) in [5.41, 5.74) is 7.16. The van der Waals surface area contributed by atoms with Crippen molar-refractivity contribution in [1.29, 1.82) is 0 Å². The molecule has 0 aliphatic heterocycles. The minimum Gasteiger partial charge on any atom is -0.326 e. The van der Waals surface area contributed by atoms with Crippen LogP contribution in [0.25, 0.3) is 0 Å². The van der Waals surface area contributed by atoms with Gasteiger partial charge in [-0.3, -0.25) is 4.79 Å². The summed E-state index contributed by atoms with van der Waals surface area (Å²) in [6.45, 7) is 2.28. The van der Waals surface area contributed by atoms with Gasteiger partial charge in [0.1, 0.15) is 0 Å². The summed E-state index contributed by atoms with van der Waals surface area (Å²) in [4.78, 5) is 11.0. The molecule has 0 bridgehead atoms. The Morgan fingerprint density at radius 1 is 1.70 bits per heavy atom. The zero-order valence-electron chi connectivity index (χ0n) is 6.05. The zero-order valence-corrected chi connectivity index (χ0v) is 6.05. The summed E-state index contributed by atoms with van der Waals surface area (Å²) in [5, 5.41) is 0. The van der Waals surface area contributed by atoms with Gasteiger partial charge in [0.15, 0.2) is 5.78 Å². The van der Waals surface area contributed by atoms with Crippen molar-refractivity contribution in [2.45, 2.75) is 13.3 Å². The van der Waals surface area contributed by atoms with Crippen molar-refractivity contribution in [3.8, 4) is 0 Å². The van der Waals surface area contributed by atoms with Crippen molar-refractivity contribution in [3.63, 3.8) is 0 Å². The first-order valence-electron chi connectivity index (χ1n) is 3.35. The van der Waals surface area contributed by atoms with Gasteiger partial charge in [-0.05, 0) is 12.5 Å². The van der Waals surface area contributed by atoms with Gasteiger partial charge < -0.3 is 5.73 Å². The van der Waals surface area contributed by atoms with Crippen LogP contribution in [0.1, 0.15) is 13.3 Å². The Bertz CT molecular complexity index is 213. The van der Waals surface area contributed by atoms with E-state index < -0.39 is 0 Å². The number of carbonyl (C=O) groups excluding carboxylic acids is 1. The predicted molar refractivity (Wildman–Crippen MR) is 40.5 cm³/mol. The minimum absolute atomic E-state index is 0.169. The van der Waals surface area contributed by atoms with Crippen LogP contribution in [0.15, 0.2) is 23.3 Å². The van der Waals surface area contributed by atoms with Crippen molar-refractivity contribution in [2.75, 3.05) is 6.54 Å². The van der Waals surface area contributed by atoms with Gasteiger partial charge in [0.2, 0.25) is 0 Å². The molecule has 0 atom stereocenters. The maximum Gasteiger partial charge on any atom is 0.164 e. The van der Waals surface area contributed by atoms with Crippen molar-refractivity contribution >= 4 is 5.78 Å². The smallest absolute Gasteiger partial charge is 0.164 e. The van der Waals surface area contributed by atoms with E-state index in [1.165, 1.54) is 0 Å². The molecular weight excluding hydrogens is 126 g/mol. The van der Waals surface area contributed by atoms with E-state index in [2.05, 4.69) is 0 Å². The minimum atomic E-state index is 0.169. The second kappa shape index (κ2) is 2.80. The zero-order chi connectivity index (χ0) is 7.56. The highest BCUT2D eigenvalue weighted by Crippen LogP contribution is 2.13. The number of hydrogen-bond acceptors (Lipinski definition) is 2. The maximum atomic E-state index is 11.0. The molecule has 0 aromatic rings. The molecule has 0 radical (unpaired) electrons. The molecule has 0 amide bonds. The van der Waals surface area contributed by atoms with E-state index >= 15 is 0 Å². The highest BCUT2D eigenvalue weighted by molar-refractivity contribution is 5.98. The standard InChI is InChI=1S/C8H11NO/c1-6-3-2-4-8(10)7(6)5-9/h2-3H,4-5,9H2,1H3. The number of rotatable bonds is 1. The second-order valence-corrected chi connectivity index (χ2v) is 2.40. The van der Waals surface area contributed by atoms with Crippen LogP contribution in [0.2, 0.25) is 0 Å². The van der Waals surface area contributed by atoms with E-state index in [0.29, 0.717) is 13.0 Å². The highest BCUT2D eigenvalue weighted by Gasteiger charge is 2.11. The normalized spacial score (nSPS) is 18.4. The van der Waals surface area contributed by atoms with E-state index in [-0.39, 0.29) is 5.78 Å². The lowest BCUT2D eigenvalue weighted by Crippen LogP contribution is -2.15. The summed E-state index contributed by atoms with van der Waals surface area (Å²) in [6, 6.07) is 0. The van der Waals surface area contributed by atoms with Gasteiger partial charge in [-0.1, -0.05) is 12.2 Å². The van der Waals surface area contributed by atoms with Gasteiger partial charge in [-0.25, -0.2) is 0 Å². The van der Waals surface area contributed by atoms with Gasteiger partial charge >= 0.3 is 0 Å². The molecule has 0 saturated carbocycles. The number of hydrogen-bond donors (Lipinski definition) is 1. The molecule has 2 nitrogen and oxygen atoms in total. The molecule has 1 aliphatic carbocycles. The third-order valence-electron chi connectivity index (χ3n) is 1.69. The molecule has 10 heavy (non-hydrogen) atoms. The van der Waals surface area contributed by atoms with Crippen molar-refractivity contribution in [2.24, 2.45) is 5.73 Å². The second-order valence-electron chi connectivity index (χ2n) is 2.40. The van der Waals surface area contributed by atoms with E-state index in [4.69, 9.17) is 5.73 Å². The summed E-state index contributed by atoms with van der Waals surface area (Å²) in [6.07, 6.45) is 4.34. The molecule has 1 rings (SSSR count). The molecule has 2 N–H and O–H groups in total. The van der Waals surface area contributed by atoms with Crippen LogP contribution in [-0.4, -0.2) is 12.3 Å². The summed E-state index contributed by atoms with van der Waals surface area (Å²) >= 11 is 0. The fraction of sp³-hybridized carbons (Fsp3) is 0.375. The van der Waals surface area contributed by atoms with Gasteiger partial charge in [-0.15, -0.1) is 0 Å². The summed E-state index contributed by atoms with van der Waals surface area (Å²) in [5.74, 6) is 0.169. The van der Waals surface area contributed by atoms with Gasteiger partial charge in [0.25, 0.3) is 0 Å². The van der Waals surface area contributed by atoms with Gasteiger partial charge in [0.05, 0.1) is 0 Å². The average Bonchev–Trinajstić information content (AvgIpc) is 1.88. The fourth-order valence-electron chi connectivity index (χ4n) is 1.06. The Morgan fingerprint density at radius 3 is 2.80 bits per heavy atom. The van der Waals surface area contributed by atoms with Gasteiger partial charge in [-0.2, -0.15) is 0 Å². The third kappa shape index (κ3) is 1.16. The Morgan fingerprint density at radius 2 is 2.40 bits per heavy atom. The molecular formula is C8H11NO. The highest BCUT2D eigenvalue weighted by atomic mass is 16.1. The summed E-state index contributed by atoms with van der Waals surface area (Å²) in [7, 11) is 0. The van der Waals surface area contributed by atoms with Gasteiger partial charge in [0, 0.05) is 18.5 Å². The topological polar surface area (TPSA) is 43.1 Å². The Hall–Kier alpha value is -0.890. The molecule has 0 spiro atoms. The predicted octanol–water partition coefficient (Wildman–Crippen LogP) is 0.791. The quantitative estimate of drug-likeness (QED) is 0.580. The van der Waals surface area contributed by atoms with E-state index in [0.717, 1.165) is 11.1 Å². The summed E-state index contributed by atoms with van der Waals surface area (Å²) < 4.78 is 0. The average molecular weight is 137 g/mol. The molecule has 54 valence electrons. The van der Waals surface area contributed by atoms with Crippen LogP contribution in [0.5, 0.6) is 0 Å². The first-order valence-corrected chi connectivity index (χ1v) is 3.35. The molecule has 2 heteroatoms. The molecule has 0 heterocycles. The van der Waals surface area contributed by atoms with Crippen molar-refractivity contribution in [3.05, 3.63) is 23.3 Å². The van der Waals surface area contributed by atoms with Crippen LogP contribution in [0.3, 0.4) is 0 Å². The van der Waals surface area contributed by atoms with Crippen LogP contribution in [0.4, 0.5) is 0 Å². The van der Waals surface area contributed by atoms with E-state index in [1.807, 2.05) is 19.1 Å². The lowest BCUT2D eigenvalue weighted by atomic mass is 9.98. The van der Waals surface area contributed by atoms with E-state index in [1.54, 1.807) is 0 Å². The Balaban J connectivity index is 2.94. The number of nitrogens with two attached hydrogens (primary N) is 1. The molecule has 0 unspecified atom stereocenters. The molecule has 1 aliphatic rings. The molecule has 0 aromatic heterocycles. The van der Waals surface area contributed by atoms with Crippen LogP contribution in [0, 0.1) is 0 Å². The lowest BCUT2D eigenvalue weighted by molar-refractivity contribution is -0.114. The number of carbonyl (C=O) groups is 1. The van der Waals surface area contributed by atoms with Crippen LogP contribution < -0.4 is 5.73 Å². The van der Waals surface area contributed by atoms with E-state index in [9.17, 15) is 4.79 Å². The number of ketones is 1. The largest absolute Gasteiger partial charge is 0.326 e. The van der Waals surface area contributed by atoms with Crippen molar-refractivity contribution < 1.29 is 4.79 Å². The SMILES string of the molecule is CC1=C(CN)C(=O)CC=C1. The Kier molecular flexibility index (Phi) is 2.02. The lowest BCUT2D eigenvalue weighted by Gasteiger charge is -2.08. The monoisotopic (exact) mass is 137 g/mol. The number of allylic oxidation sites excluding steroid dienone is 3. The molecule has 0 fully saturated rings. The Labute approximate surface area is 60.4 Å². The first kappa shape index (κ1) is 7.22. The maximum absolute atomic E-state index is 11.0. The third-order valence-corrected chi connectivity index (χ3v) is 1.69. The molecule has 0 aromatic carbocycles. The fourth-order valence-corrected chi connectivity index (χ4v) is 1.06. The number of Topliss-reactive ketones (excluding diaryl/α,β-unsaturated/α-hetero) is 1. The van der Waals surface area contributed by atoms with Crippen molar-refractivity contribution in [1.82, 2.24) is 0 Å². The molecule has 0 saturated heterocycles. The first-order chi connectivity index (χ1) is 4.75.